The van der Waals surface area contributed by atoms with Crippen molar-refractivity contribution >= 4 is 11.8 Å². The van der Waals surface area contributed by atoms with Gasteiger partial charge in [-0.25, -0.2) is 5.01 Å². The molecule has 2 aliphatic heterocycles. The maximum atomic E-state index is 12.2. The summed E-state index contributed by atoms with van der Waals surface area (Å²) < 4.78 is 0. The van der Waals surface area contributed by atoms with E-state index in [0.29, 0.717) is 31.5 Å². The molecule has 102 valence electrons. The fraction of sp³-hybridized carbons (Fsp3) is 0.846. The van der Waals surface area contributed by atoms with Gasteiger partial charge >= 0.3 is 0 Å². The van der Waals surface area contributed by atoms with Crippen molar-refractivity contribution in [2.24, 2.45) is 5.92 Å². The maximum Gasteiger partial charge on any atom is 0.239 e. The van der Waals surface area contributed by atoms with Crippen molar-refractivity contribution in [2.45, 2.75) is 58.0 Å². The van der Waals surface area contributed by atoms with Crippen molar-refractivity contribution in [2.75, 3.05) is 6.54 Å². The highest BCUT2D eigenvalue weighted by atomic mass is 16.2. The van der Waals surface area contributed by atoms with E-state index in [2.05, 4.69) is 29.6 Å². The van der Waals surface area contributed by atoms with Crippen LogP contribution >= 0.6 is 0 Å². The molecule has 0 bridgehead atoms. The van der Waals surface area contributed by atoms with E-state index in [1.807, 2.05) is 0 Å². The van der Waals surface area contributed by atoms with Crippen LogP contribution in [0.15, 0.2) is 0 Å². The summed E-state index contributed by atoms with van der Waals surface area (Å²) in [4.78, 5) is 23.2. The third-order valence-corrected chi connectivity index (χ3v) is 4.07. The summed E-state index contributed by atoms with van der Waals surface area (Å²) in [6.45, 7) is 4.78. The molecule has 0 aromatic heterocycles. The molecule has 2 heterocycles. The van der Waals surface area contributed by atoms with Gasteiger partial charge in [0, 0.05) is 25.0 Å². The van der Waals surface area contributed by atoms with E-state index in [1.54, 1.807) is 0 Å². The van der Waals surface area contributed by atoms with Crippen LogP contribution in [-0.2, 0) is 9.59 Å². The molecule has 2 rings (SSSR count). The second-order valence-electron chi connectivity index (χ2n) is 5.55. The predicted molar refractivity (Wildman–Crippen MR) is 68.5 cm³/mol. The summed E-state index contributed by atoms with van der Waals surface area (Å²) in [6, 6.07) is 0.798. The summed E-state index contributed by atoms with van der Waals surface area (Å²) >= 11 is 0. The lowest BCUT2D eigenvalue weighted by Gasteiger charge is -2.39. The maximum absolute atomic E-state index is 12.2. The van der Waals surface area contributed by atoms with Gasteiger partial charge in [0.1, 0.15) is 0 Å². The Hall–Kier alpha value is -1.10. The van der Waals surface area contributed by atoms with Gasteiger partial charge in [-0.2, -0.15) is 0 Å². The molecule has 2 amide bonds. The standard InChI is InChI=1S/C13H23N3O2/c1-9-4-3-5-10(2)16(9)15-13(18)11-6-7-12(17)14-8-11/h9-11H,3-8H2,1-2H3,(H,14,17)(H,15,18). The monoisotopic (exact) mass is 253 g/mol. The molecule has 0 saturated carbocycles. The molecule has 3 atom stereocenters. The highest BCUT2D eigenvalue weighted by molar-refractivity contribution is 5.83. The molecular formula is C13H23N3O2. The van der Waals surface area contributed by atoms with Gasteiger partial charge in [0.05, 0.1) is 5.92 Å². The number of amides is 2. The van der Waals surface area contributed by atoms with Crippen LogP contribution in [0.5, 0.6) is 0 Å². The number of nitrogens with zero attached hydrogens (tertiary/aromatic N) is 1. The normalized spacial score (nSPS) is 33.9. The van der Waals surface area contributed by atoms with Crippen molar-refractivity contribution in [1.82, 2.24) is 15.8 Å². The number of nitrogens with one attached hydrogen (secondary N) is 2. The van der Waals surface area contributed by atoms with Gasteiger partial charge in [0.2, 0.25) is 11.8 Å². The van der Waals surface area contributed by atoms with E-state index in [1.165, 1.54) is 6.42 Å². The van der Waals surface area contributed by atoms with E-state index >= 15 is 0 Å². The largest absolute Gasteiger partial charge is 0.355 e. The Morgan fingerprint density at radius 3 is 2.50 bits per heavy atom. The molecule has 0 aromatic carbocycles. The van der Waals surface area contributed by atoms with Crippen LogP contribution < -0.4 is 10.7 Å². The Morgan fingerprint density at radius 2 is 1.94 bits per heavy atom. The quantitative estimate of drug-likeness (QED) is 0.765. The Bertz CT molecular complexity index is 312. The number of carbonyl (C=O) groups excluding carboxylic acids is 2. The number of hydrogen-bond donors (Lipinski definition) is 2. The summed E-state index contributed by atoms with van der Waals surface area (Å²) in [7, 11) is 0. The van der Waals surface area contributed by atoms with Crippen LogP contribution in [0.4, 0.5) is 0 Å². The lowest BCUT2D eigenvalue weighted by molar-refractivity contribution is -0.135. The van der Waals surface area contributed by atoms with Crippen LogP contribution in [0, 0.1) is 5.92 Å². The Morgan fingerprint density at radius 1 is 1.28 bits per heavy atom. The van der Waals surface area contributed by atoms with E-state index < -0.39 is 0 Å². The van der Waals surface area contributed by atoms with Crippen LogP contribution in [0.2, 0.25) is 0 Å². The second kappa shape index (κ2) is 5.69. The Balaban J connectivity index is 1.88. The highest BCUT2D eigenvalue weighted by Gasteiger charge is 2.30. The van der Waals surface area contributed by atoms with Crippen molar-refractivity contribution in [1.29, 1.82) is 0 Å². The van der Waals surface area contributed by atoms with Gasteiger partial charge in [0.25, 0.3) is 0 Å². The zero-order chi connectivity index (χ0) is 13.1. The first-order chi connectivity index (χ1) is 8.58. The number of rotatable bonds is 2. The molecule has 5 nitrogen and oxygen atoms in total. The molecule has 3 unspecified atom stereocenters. The van der Waals surface area contributed by atoms with E-state index in [-0.39, 0.29) is 17.7 Å². The van der Waals surface area contributed by atoms with Gasteiger partial charge < -0.3 is 5.32 Å². The Kier molecular flexibility index (Phi) is 4.22. The fourth-order valence-electron chi connectivity index (χ4n) is 2.82. The van der Waals surface area contributed by atoms with Gasteiger partial charge in [-0.3, -0.25) is 15.0 Å². The molecule has 0 aliphatic carbocycles. The van der Waals surface area contributed by atoms with Gasteiger partial charge in [-0.1, -0.05) is 6.42 Å². The van der Waals surface area contributed by atoms with Crippen molar-refractivity contribution in [3.8, 4) is 0 Å². The average molecular weight is 253 g/mol. The van der Waals surface area contributed by atoms with Gasteiger partial charge in [-0.05, 0) is 33.1 Å². The van der Waals surface area contributed by atoms with E-state index in [9.17, 15) is 9.59 Å². The SMILES string of the molecule is CC1CCCC(C)N1NC(=O)C1CCC(=O)NC1. The number of hydrogen-bond acceptors (Lipinski definition) is 3. The second-order valence-corrected chi connectivity index (χ2v) is 5.55. The molecule has 5 heteroatoms. The fourth-order valence-corrected chi connectivity index (χ4v) is 2.82. The molecule has 0 radical (unpaired) electrons. The summed E-state index contributed by atoms with van der Waals surface area (Å²) in [5.41, 5.74) is 3.05. The first-order valence-corrected chi connectivity index (χ1v) is 6.93. The summed E-state index contributed by atoms with van der Waals surface area (Å²) in [5.74, 6) is 0.0263. The smallest absolute Gasteiger partial charge is 0.239 e. The molecule has 0 spiro atoms. The first-order valence-electron chi connectivity index (χ1n) is 6.93. The molecular weight excluding hydrogens is 230 g/mol. The minimum atomic E-state index is -0.0796. The molecule has 2 aliphatic rings. The van der Waals surface area contributed by atoms with Crippen LogP contribution in [0.25, 0.3) is 0 Å². The zero-order valence-corrected chi connectivity index (χ0v) is 11.2. The Labute approximate surface area is 108 Å². The van der Waals surface area contributed by atoms with Crippen LogP contribution in [-0.4, -0.2) is 35.5 Å². The molecule has 2 fully saturated rings. The average Bonchev–Trinajstić information content (AvgIpc) is 2.34. The number of carbonyl (C=O) groups is 2. The first kappa shape index (κ1) is 13.3. The van der Waals surface area contributed by atoms with E-state index in [4.69, 9.17) is 0 Å². The number of piperidine rings is 2. The highest BCUT2D eigenvalue weighted by Crippen LogP contribution is 2.21. The van der Waals surface area contributed by atoms with Gasteiger partial charge in [0.15, 0.2) is 0 Å². The number of hydrazine groups is 1. The van der Waals surface area contributed by atoms with Gasteiger partial charge in [-0.15, -0.1) is 0 Å². The lowest BCUT2D eigenvalue weighted by atomic mass is 9.97. The third kappa shape index (κ3) is 3.02. The topological polar surface area (TPSA) is 61.4 Å². The molecule has 0 aromatic rings. The predicted octanol–water partition coefficient (Wildman–Crippen LogP) is 0.807. The third-order valence-electron chi connectivity index (χ3n) is 4.07. The van der Waals surface area contributed by atoms with Crippen molar-refractivity contribution in [3.63, 3.8) is 0 Å². The molecule has 2 N–H and O–H groups in total. The molecule has 18 heavy (non-hydrogen) atoms. The summed E-state index contributed by atoms with van der Waals surface area (Å²) in [5, 5.41) is 4.84. The summed E-state index contributed by atoms with van der Waals surface area (Å²) in [6.07, 6.45) is 4.61. The lowest BCUT2D eigenvalue weighted by Crippen LogP contribution is -2.56. The zero-order valence-electron chi connectivity index (χ0n) is 11.2. The van der Waals surface area contributed by atoms with Crippen molar-refractivity contribution in [3.05, 3.63) is 0 Å². The van der Waals surface area contributed by atoms with E-state index in [0.717, 1.165) is 12.8 Å². The minimum Gasteiger partial charge on any atom is -0.355 e. The van der Waals surface area contributed by atoms with Crippen LogP contribution in [0.1, 0.15) is 46.0 Å². The molecule has 2 saturated heterocycles. The van der Waals surface area contributed by atoms with Crippen molar-refractivity contribution < 1.29 is 9.59 Å². The minimum absolute atomic E-state index is 0.0515. The van der Waals surface area contributed by atoms with Crippen LogP contribution in [0.3, 0.4) is 0 Å².